The van der Waals surface area contributed by atoms with Crippen molar-refractivity contribution in [3.05, 3.63) is 51.4 Å². The third-order valence-corrected chi connectivity index (χ3v) is 11.5. The van der Waals surface area contributed by atoms with Crippen molar-refractivity contribution in [1.82, 2.24) is 19.4 Å². The Labute approximate surface area is 239 Å². The number of pyridine rings is 1. The van der Waals surface area contributed by atoms with Crippen LogP contribution in [0, 0.1) is 12.3 Å². The molecule has 214 valence electrons. The summed E-state index contributed by atoms with van der Waals surface area (Å²) in [5.74, 6) is 0.314. The minimum Gasteiger partial charge on any atom is -0.379 e. The van der Waals surface area contributed by atoms with Gasteiger partial charge in [-0.25, -0.2) is 13.4 Å². The molecule has 1 aliphatic carbocycles. The summed E-state index contributed by atoms with van der Waals surface area (Å²) >= 11 is 6.21. The number of piperidine rings is 1. The average Bonchev–Trinajstić information content (AvgIpc) is 3.44. The molecule has 1 saturated carbocycles. The van der Waals surface area contributed by atoms with Gasteiger partial charge in [-0.15, -0.1) is 0 Å². The quantitative estimate of drug-likeness (QED) is 0.436. The summed E-state index contributed by atoms with van der Waals surface area (Å²) in [6.45, 7) is 9.43. The average molecular weight is 586 g/mol. The molecule has 0 amide bonds. The zero-order chi connectivity index (χ0) is 28.2. The summed E-state index contributed by atoms with van der Waals surface area (Å²) in [7, 11) is -3.41. The molecule has 11 heteroatoms. The number of fused-ring (bicyclic) bond motifs is 1. The van der Waals surface area contributed by atoms with Gasteiger partial charge in [-0.1, -0.05) is 11.6 Å². The molecule has 9 nitrogen and oxygen atoms in total. The molecular formula is C29H36ClN5O4S. The van der Waals surface area contributed by atoms with Crippen molar-refractivity contribution < 1.29 is 13.2 Å². The van der Waals surface area contributed by atoms with Crippen molar-refractivity contribution in [2.75, 3.05) is 31.6 Å². The van der Waals surface area contributed by atoms with Crippen LogP contribution in [0.25, 0.3) is 11.0 Å². The monoisotopic (exact) mass is 585 g/mol. The summed E-state index contributed by atoms with van der Waals surface area (Å²) in [6, 6.07) is 7.15. The summed E-state index contributed by atoms with van der Waals surface area (Å²) in [5, 5.41) is 3.67. The van der Waals surface area contributed by atoms with Crippen molar-refractivity contribution in [2.24, 2.45) is 5.41 Å². The summed E-state index contributed by atoms with van der Waals surface area (Å²) in [6.07, 6.45) is 6.01. The molecular weight excluding hydrogens is 550 g/mol. The fourth-order valence-electron chi connectivity index (χ4n) is 6.53. The van der Waals surface area contributed by atoms with Crippen LogP contribution in [0.15, 0.2) is 40.2 Å². The summed E-state index contributed by atoms with van der Waals surface area (Å²) in [4.78, 5) is 24.8. The van der Waals surface area contributed by atoms with E-state index in [-0.39, 0.29) is 27.3 Å². The Morgan fingerprint density at radius 3 is 2.58 bits per heavy atom. The molecule has 4 heterocycles. The zero-order valence-corrected chi connectivity index (χ0v) is 24.8. The van der Waals surface area contributed by atoms with Crippen LogP contribution in [0.1, 0.15) is 57.6 Å². The molecule has 3 fully saturated rings. The molecule has 40 heavy (non-hydrogen) atoms. The minimum absolute atomic E-state index is 0.120. The van der Waals surface area contributed by atoms with Gasteiger partial charge in [-0.2, -0.15) is 4.98 Å². The Bertz CT molecular complexity index is 1600. The molecule has 0 bridgehead atoms. The van der Waals surface area contributed by atoms with Gasteiger partial charge in [0.05, 0.1) is 22.8 Å². The van der Waals surface area contributed by atoms with E-state index >= 15 is 0 Å². The number of aryl methyl sites for hydroxylation is 1. The lowest BCUT2D eigenvalue weighted by molar-refractivity contribution is 0.0246. The van der Waals surface area contributed by atoms with Gasteiger partial charge in [0.15, 0.2) is 9.84 Å². The Balaban J connectivity index is 1.20. The topological polar surface area (TPSA) is 106 Å². The predicted molar refractivity (Wildman–Crippen MR) is 156 cm³/mol. The van der Waals surface area contributed by atoms with E-state index in [0.717, 1.165) is 44.3 Å². The van der Waals surface area contributed by atoms with Crippen LogP contribution in [-0.4, -0.2) is 65.4 Å². The number of aromatic nitrogens is 3. The Morgan fingerprint density at radius 2 is 1.93 bits per heavy atom. The van der Waals surface area contributed by atoms with E-state index in [4.69, 9.17) is 16.3 Å². The number of hydrogen-bond donors (Lipinski definition) is 1. The molecule has 1 spiro atoms. The fourth-order valence-corrected chi connectivity index (χ4v) is 8.86. The van der Waals surface area contributed by atoms with Crippen LogP contribution < -0.4 is 10.9 Å². The molecule has 0 radical (unpaired) electrons. The molecule has 6 rings (SSSR count). The molecule has 2 aliphatic heterocycles. The fraction of sp³-hybridized carbons (Fsp3) is 0.552. The molecule has 1 atom stereocenters. The first kappa shape index (κ1) is 27.6. The number of nitrogens with one attached hydrogen (secondary N) is 1. The van der Waals surface area contributed by atoms with Gasteiger partial charge >= 0.3 is 0 Å². The van der Waals surface area contributed by atoms with Crippen molar-refractivity contribution in [3.8, 4) is 0 Å². The normalized spacial score (nSPS) is 21.8. The third-order valence-electron chi connectivity index (χ3n) is 9.12. The van der Waals surface area contributed by atoms with E-state index in [9.17, 15) is 13.2 Å². The van der Waals surface area contributed by atoms with Gasteiger partial charge < -0.3 is 15.0 Å². The second-order valence-corrected chi connectivity index (χ2v) is 14.6. The number of hydrogen-bond acceptors (Lipinski definition) is 8. The lowest BCUT2D eigenvalue weighted by Crippen LogP contribution is -2.52. The molecule has 3 aromatic rings. The Kier molecular flexibility index (Phi) is 7.17. The Hall–Kier alpha value is -2.53. The van der Waals surface area contributed by atoms with Gasteiger partial charge in [0, 0.05) is 29.9 Å². The van der Waals surface area contributed by atoms with Crippen LogP contribution in [0.3, 0.4) is 0 Å². The number of halogens is 1. The van der Waals surface area contributed by atoms with Crippen LogP contribution in [0.2, 0.25) is 5.02 Å². The number of likely N-dealkylation sites (tertiary alicyclic amines) is 1. The predicted octanol–water partition coefficient (Wildman–Crippen LogP) is 4.89. The van der Waals surface area contributed by atoms with Crippen LogP contribution in [-0.2, 0) is 14.6 Å². The lowest BCUT2D eigenvalue weighted by Gasteiger charge is -2.52. The maximum atomic E-state index is 13.5. The van der Waals surface area contributed by atoms with Gasteiger partial charge in [0.25, 0.3) is 5.56 Å². The lowest BCUT2D eigenvalue weighted by atomic mass is 9.63. The van der Waals surface area contributed by atoms with Crippen molar-refractivity contribution in [1.29, 1.82) is 0 Å². The standard InChI is InChI=1S/C29H36ClN5O4S/c1-18(2)34-9-7-29(8-10-34)14-23(15-29)40(37,38)22-4-5-25(19(3)12-22)32-28-31-16-20-13-24(30)27(36)35(26(20)33-28)21-6-11-39-17-21/h4-5,12-13,16,18,21,23H,6-11,14-15,17H2,1-3H3,(H,31,32,33). The molecule has 1 N–H and O–H groups in total. The molecule has 3 aliphatic rings. The van der Waals surface area contributed by atoms with Crippen LogP contribution in [0.4, 0.5) is 11.6 Å². The van der Waals surface area contributed by atoms with E-state index in [2.05, 4.69) is 34.0 Å². The first-order valence-electron chi connectivity index (χ1n) is 14.1. The number of anilines is 2. The van der Waals surface area contributed by atoms with E-state index in [1.54, 1.807) is 35.0 Å². The van der Waals surface area contributed by atoms with E-state index in [1.807, 2.05) is 6.92 Å². The Morgan fingerprint density at radius 1 is 1.18 bits per heavy atom. The highest BCUT2D eigenvalue weighted by molar-refractivity contribution is 7.92. The van der Waals surface area contributed by atoms with E-state index in [1.165, 1.54) is 0 Å². The molecule has 2 saturated heterocycles. The van der Waals surface area contributed by atoms with Crippen molar-refractivity contribution in [3.63, 3.8) is 0 Å². The summed E-state index contributed by atoms with van der Waals surface area (Å²) in [5.41, 5.74) is 1.85. The van der Waals surface area contributed by atoms with Crippen molar-refractivity contribution >= 4 is 44.1 Å². The molecule has 1 aromatic carbocycles. The highest BCUT2D eigenvalue weighted by Crippen LogP contribution is 2.53. The van der Waals surface area contributed by atoms with Gasteiger partial charge in [-0.05, 0) is 101 Å². The highest BCUT2D eigenvalue weighted by atomic mass is 35.5. The van der Waals surface area contributed by atoms with Gasteiger partial charge in [-0.3, -0.25) is 9.36 Å². The van der Waals surface area contributed by atoms with Crippen molar-refractivity contribution in [2.45, 2.75) is 75.1 Å². The third kappa shape index (κ3) is 4.93. The number of benzene rings is 1. The molecule has 2 aromatic heterocycles. The number of rotatable bonds is 6. The molecule has 1 unspecified atom stereocenters. The van der Waals surface area contributed by atoms with Gasteiger partial charge in [0.1, 0.15) is 10.7 Å². The number of sulfone groups is 1. The van der Waals surface area contributed by atoms with E-state index in [0.29, 0.717) is 53.2 Å². The first-order valence-corrected chi connectivity index (χ1v) is 16.0. The zero-order valence-electron chi connectivity index (χ0n) is 23.2. The second-order valence-electron chi connectivity index (χ2n) is 12.0. The van der Waals surface area contributed by atoms with Crippen LogP contribution in [0.5, 0.6) is 0 Å². The van der Waals surface area contributed by atoms with Gasteiger partial charge in [0.2, 0.25) is 5.95 Å². The smallest absolute Gasteiger partial charge is 0.271 e. The number of nitrogens with zero attached hydrogens (tertiary/aromatic N) is 4. The largest absolute Gasteiger partial charge is 0.379 e. The maximum absolute atomic E-state index is 13.5. The SMILES string of the molecule is Cc1cc(S(=O)(=O)C2CC3(CCN(C(C)C)CC3)C2)ccc1Nc1ncc2cc(Cl)c(=O)n(C3CCOC3)c2n1. The van der Waals surface area contributed by atoms with Crippen LogP contribution >= 0.6 is 11.6 Å². The van der Waals surface area contributed by atoms with E-state index < -0.39 is 9.84 Å². The second kappa shape index (κ2) is 10.4. The maximum Gasteiger partial charge on any atom is 0.271 e. The summed E-state index contributed by atoms with van der Waals surface area (Å²) < 4.78 is 34.1. The minimum atomic E-state index is -3.41. The highest BCUT2D eigenvalue weighted by Gasteiger charge is 2.51. The number of ether oxygens (including phenoxy) is 1. The first-order chi connectivity index (χ1) is 19.1.